The van der Waals surface area contributed by atoms with Crippen LogP contribution in [-0.2, 0) is 19.1 Å². The molecule has 0 atom stereocenters. The Morgan fingerprint density at radius 2 is 1.23 bits per heavy atom. The van der Waals surface area contributed by atoms with Crippen LogP contribution in [-0.4, -0.2) is 30.6 Å². The normalized spacial score (nSPS) is 8.46. The monoisotopic (exact) mass is 192 g/mol. The fraction of sp³-hybridized carbons (Fsp3) is 0.750. The van der Waals surface area contributed by atoms with Crippen molar-refractivity contribution >= 4 is 11.9 Å². The lowest BCUT2D eigenvalue weighted by molar-refractivity contribution is -0.151. The van der Waals surface area contributed by atoms with Crippen LogP contribution in [0.15, 0.2) is 0 Å². The summed E-state index contributed by atoms with van der Waals surface area (Å²) in [5.74, 6) is -0.551. The minimum absolute atomic E-state index is 0. The van der Waals surface area contributed by atoms with Crippen LogP contribution in [0, 0.1) is 0 Å². The van der Waals surface area contributed by atoms with E-state index in [1.165, 1.54) is 0 Å². The third kappa shape index (κ3) is 8.81. The van der Waals surface area contributed by atoms with Crippen LogP contribution < -0.4 is 0 Å². The van der Waals surface area contributed by atoms with Crippen LogP contribution in [0.1, 0.15) is 26.7 Å². The largest absolute Gasteiger partial charge is 0.462 e. The predicted molar refractivity (Wildman–Crippen MR) is 46.1 cm³/mol. The Bertz CT molecular complexity index is 137. The first-order valence-electron chi connectivity index (χ1n) is 4.02. The fourth-order valence-corrected chi connectivity index (χ4v) is 0.515. The first-order valence-corrected chi connectivity index (χ1v) is 4.02. The van der Waals surface area contributed by atoms with Crippen molar-refractivity contribution in [3.63, 3.8) is 0 Å². The van der Waals surface area contributed by atoms with Gasteiger partial charge in [-0.25, -0.2) is 0 Å². The average molecular weight is 192 g/mol. The van der Waals surface area contributed by atoms with Gasteiger partial charge in [0.2, 0.25) is 0 Å². The highest BCUT2D eigenvalue weighted by molar-refractivity contribution is 5.69. The zero-order valence-electron chi connectivity index (χ0n) is 7.96. The van der Waals surface area contributed by atoms with Crippen molar-refractivity contribution in [1.29, 1.82) is 0 Å². The molecule has 0 aliphatic rings. The number of rotatable bonds is 5. The van der Waals surface area contributed by atoms with E-state index in [9.17, 15) is 9.59 Å². The second kappa shape index (κ2) is 8.99. The van der Waals surface area contributed by atoms with Gasteiger partial charge in [0.05, 0.1) is 0 Å². The van der Waals surface area contributed by atoms with Crippen LogP contribution in [0.25, 0.3) is 0 Å². The van der Waals surface area contributed by atoms with Gasteiger partial charge in [0.15, 0.2) is 0 Å². The number of carbonyl (C=O) groups is 2. The van der Waals surface area contributed by atoms with Gasteiger partial charge in [0.1, 0.15) is 13.2 Å². The van der Waals surface area contributed by atoms with E-state index in [-0.39, 0.29) is 30.6 Å². The molecule has 0 aliphatic carbocycles. The summed E-state index contributed by atoms with van der Waals surface area (Å²) >= 11 is 0. The first-order chi connectivity index (χ1) is 5.70. The number of esters is 2. The number of ether oxygens (including phenoxy) is 2. The van der Waals surface area contributed by atoms with Gasteiger partial charge in [-0.3, -0.25) is 9.59 Å². The molecule has 0 rings (SSSR count). The molecule has 2 N–H and O–H groups in total. The molecule has 0 aromatic rings. The van der Waals surface area contributed by atoms with Gasteiger partial charge in [0, 0.05) is 12.8 Å². The van der Waals surface area contributed by atoms with Gasteiger partial charge in [-0.2, -0.15) is 0 Å². The van der Waals surface area contributed by atoms with Crippen LogP contribution >= 0.6 is 0 Å². The molecule has 5 heteroatoms. The van der Waals surface area contributed by atoms with Crippen LogP contribution in [0.5, 0.6) is 0 Å². The molecule has 0 saturated carbocycles. The zero-order chi connectivity index (χ0) is 9.40. The van der Waals surface area contributed by atoms with Crippen molar-refractivity contribution < 1.29 is 24.5 Å². The fourth-order valence-electron chi connectivity index (χ4n) is 0.515. The van der Waals surface area contributed by atoms with Gasteiger partial charge >= 0.3 is 11.9 Å². The second-order valence-corrected chi connectivity index (χ2v) is 2.15. The summed E-state index contributed by atoms with van der Waals surface area (Å²) in [6.07, 6.45) is 0.698. The Balaban J connectivity index is 0. The molecule has 78 valence electrons. The van der Waals surface area contributed by atoms with Crippen molar-refractivity contribution in [2.45, 2.75) is 26.7 Å². The summed E-state index contributed by atoms with van der Waals surface area (Å²) in [6.45, 7) is 3.72. The molecule has 0 aliphatic heterocycles. The predicted octanol–water partition coefficient (Wildman–Crippen LogP) is 0.0681. The third-order valence-electron chi connectivity index (χ3n) is 1.19. The highest BCUT2D eigenvalue weighted by Gasteiger charge is 2.00. The van der Waals surface area contributed by atoms with E-state index in [0.717, 1.165) is 0 Å². The number of hydrogen-bond donors (Lipinski definition) is 0. The van der Waals surface area contributed by atoms with E-state index in [1.54, 1.807) is 13.8 Å². The Labute approximate surface area is 77.3 Å². The van der Waals surface area contributed by atoms with Crippen molar-refractivity contribution in [3.05, 3.63) is 0 Å². The van der Waals surface area contributed by atoms with Crippen molar-refractivity contribution in [1.82, 2.24) is 0 Å². The van der Waals surface area contributed by atoms with Gasteiger partial charge < -0.3 is 14.9 Å². The molecule has 0 heterocycles. The summed E-state index contributed by atoms with van der Waals surface area (Å²) in [6, 6.07) is 0. The maximum atomic E-state index is 10.6. The Morgan fingerprint density at radius 3 is 1.46 bits per heavy atom. The Kier molecular flexibility index (Phi) is 9.98. The quantitative estimate of drug-likeness (QED) is 0.455. The maximum Gasteiger partial charge on any atom is 0.305 e. The lowest BCUT2D eigenvalue weighted by Crippen LogP contribution is -2.12. The standard InChI is InChI=1S/C8H14O4.H2O/c1-3-7(9)11-5-6-12-8(10)4-2;/h3-6H2,1-2H3;1H2. The molecule has 5 nitrogen and oxygen atoms in total. The van der Waals surface area contributed by atoms with Gasteiger partial charge in [-0.1, -0.05) is 13.8 Å². The first kappa shape index (κ1) is 14.4. The molecule has 0 amide bonds. The van der Waals surface area contributed by atoms with E-state index in [4.69, 9.17) is 0 Å². The van der Waals surface area contributed by atoms with E-state index in [1.807, 2.05) is 0 Å². The lowest BCUT2D eigenvalue weighted by Gasteiger charge is -2.03. The number of hydrogen-bond acceptors (Lipinski definition) is 4. The van der Waals surface area contributed by atoms with Crippen molar-refractivity contribution in [3.8, 4) is 0 Å². The minimum Gasteiger partial charge on any atom is -0.462 e. The summed E-state index contributed by atoms with van der Waals surface area (Å²) in [5, 5.41) is 0. The van der Waals surface area contributed by atoms with Gasteiger partial charge in [-0.05, 0) is 0 Å². The molecule has 0 aromatic carbocycles. The molecule has 0 saturated heterocycles. The lowest BCUT2D eigenvalue weighted by atomic mass is 10.5. The molecular formula is C8H16O5. The van der Waals surface area contributed by atoms with E-state index < -0.39 is 0 Å². The third-order valence-corrected chi connectivity index (χ3v) is 1.19. The molecule has 13 heavy (non-hydrogen) atoms. The minimum atomic E-state index is -0.275. The van der Waals surface area contributed by atoms with E-state index in [2.05, 4.69) is 9.47 Å². The Morgan fingerprint density at radius 1 is 0.923 bits per heavy atom. The molecule has 0 bridgehead atoms. The number of carbonyl (C=O) groups excluding carboxylic acids is 2. The zero-order valence-corrected chi connectivity index (χ0v) is 7.96. The van der Waals surface area contributed by atoms with Crippen molar-refractivity contribution in [2.24, 2.45) is 0 Å². The Hall–Kier alpha value is -1.10. The van der Waals surface area contributed by atoms with E-state index >= 15 is 0 Å². The SMILES string of the molecule is CCC(=O)OCCOC(=O)CC.O. The van der Waals surface area contributed by atoms with Crippen molar-refractivity contribution in [2.75, 3.05) is 13.2 Å². The summed E-state index contributed by atoms with van der Waals surface area (Å²) in [7, 11) is 0. The van der Waals surface area contributed by atoms with Gasteiger partial charge in [0.25, 0.3) is 0 Å². The van der Waals surface area contributed by atoms with Crippen LogP contribution in [0.2, 0.25) is 0 Å². The van der Waals surface area contributed by atoms with Crippen LogP contribution in [0.3, 0.4) is 0 Å². The maximum absolute atomic E-state index is 10.6. The molecule has 0 unspecified atom stereocenters. The molecule has 0 radical (unpaired) electrons. The smallest absolute Gasteiger partial charge is 0.305 e. The van der Waals surface area contributed by atoms with Crippen LogP contribution in [0.4, 0.5) is 0 Å². The average Bonchev–Trinajstić information content (AvgIpc) is 2.11. The highest BCUT2D eigenvalue weighted by atomic mass is 16.6. The highest BCUT2D eigenvalue weighted by Crippen LogP contribution is 1.87. The van der Waals surface area contributed by atoms with Gasteiger partial charge in [-0.15, -0.1) is 0 Å². The second-order valence-electron chi connectivity index (χ2n) is 2.15. The molecule has 0 spiro atoms. The van der Waals surface area contributed by atoms with E-state index in [0.29, 0.717) is 12.8 Å². The summed E-state index contributed by atoms with van der Waals surface area (Å²) < 4.78 is 9.34. The molecule has 0 fully saturated rings. The summed E-state index contributed by atoms with van der Waals surface area (Å²) in [5.41, 5.74) is 0. The molecule has 0 aromatic heterocycles. The topological polar surface area (TPSA) is 84.1 Å². The summed E-state index contributed by atoms with van der Waals surface area (Å²) in [4.78, 5) is 21.1. The molecular weight excluding hydrogens is 176 g/mol.